The Labute approximate surface area is 64.1 Å². The zero-order chi connectivity index (χ0) is 8.78. The summed E-state index contributed by atoms with van der Waals surface area (Å²) in [5, 5.41) is 7.90. The predicted molar refractivity (Wildman–Crippen MR) is 43.7 cm³/mol. The molecule has 0 spiro atoms. The first kappa shape index (κ1) is 12.6. The molecule has 0 aliphatic heterocycles. The molecule has 0 aromatic heterocycles. The maximum atomic E-state index is 7.90. The van der Waals surface area contributed by atoms with Gasteiger partial charge in [0, 0.05) is 0 Å². The summed E-state index contributed by atoms with van der Waals surface area (Å²) in [5.74, 6) is 1.42. The zero-order valence-corrected chi connectivity index (χ0v) is 7.86. The SMILES string of the molecule is CC(C)(C)OO.C[C](C)C. The minimum atomic E-state index is -0.403. The number of hydrogen-bond donors (Lipinski definition) is 1. The van der Waals surface area contributed by atoms with Crippen LogP contribution >= 0.6 is 0 Å². The topological polar surface area (TPSA) is 29.5 Å². The second-order valence-electron chi connectivity index (χ2n) is 3.70. The number of hydrogen-bond acceptors (Lipinski definition) is 2. The van der Waals surface area contributed by atoms with Crippen LogP contribution in [0.2, 0.25) is 0 Å². The molecular formula is C8H19O2. The quantitative estimate of drug-likeness (QED) is 0.421. The lowest BCUT2D eigenvalue weighted by Gasteiger charge is -2.10. The van der Waals surface area contributed by atoms with Crippen LogP contribution in [0, 0.1) is 5.92 Å². The Bertz CT molecular complexity index is 59.4. The smallest absolute Gasteiger partial charge is 0.0949 e. The second-order valence-corrected chi connectivity index (χ2v) is 3.70. The fraction of sp³-hybridized carbons (Fsp3) is 0.875. The zero-order valence-electron chi connectivity index (χ0n) is 7.86. The van der Waals surface area contributed by atoms with E-state index in [4.69, 9.17) is 5.26 Å². The van der Waals surface area contributed by atoms with Crippen LogP contribution in [0.25, 0.3) is 0 Å². The van der Waals surface area contributed by atoms with Gasteiger partial charge in [-0.3, -0.25) is 5.26 Å². The minimum Gasteiger partial charge on any atom is -0.251 e. The molecule has 0 aliphatic rings. The Morgan fingerprint density at radius 1 is 1.10 bits per heavy atom. The van der Waals surface area contributed by atoms with Gasteiger partial charge >= 0.3 is 0 Å². The highest BCUT2D eigenvalue weighted by atomic mass is 17.1. The van der Waals surface area contributed by atoms with E-state index in [2.05, 4.69) is 25.7 Å². The summed E-state index contributed by atoms with van der Waals surface area (Å²) in [4.78, 5) is 3.94. The molecule has 0 atom stereocenters. The van der Waals surface area contributed by atoms with Gasteiger partial charge in [-0.15, -0.1) is 0 Å². The van der Waals surface area contributed by atoms with Gasteiger partial charge in [-0.1, -0.05) is 20.8 Å². The van der Waals surface area contributed by atoms with Crippen molar-refractivity contribution in [2.24, 2.45) is 0 Å². The van der Waals surface area contributed by atoms with E-state index in [1.165, 1.54) is 5.92 Å². The van der Waals surface area contributed by atoms with Crippen molar-refractivity contribution < 1.29 is 10.1 Å². The van der Waals surface area contributed by atoms with Crippen LogP contribution in [-0.4, -0.2) is 10.9 Å². The van der Waals surface area contributed by atoms with Crippen molar-refractivity contribution in [1.82, 2.24) is 0 Å². The first-order valence-corrected chi connectivity index (χ1v) is 3.39. The summed E-state index contributed by atoms with van der Waals surface area (Å²) < 4.78 is 0. The molecule has 2 heteroatoms. The highest BCUT2D eigenvalue weighted by Gasteiger charge is 2.06. The van der Waals surface area contributed by atoms with Crippen molar-refractivity contribution in [2.45, 2.75) is 47.1 Å². The van der Waals surface area contributed by atoms with Crippen LogP contribution in [-0.2, 0) is 4.89 Å². The van der Waals surface area contributed by atoms with Crippen LogP contribution in [0.5, 0.6) is 0 Å². The standard InChI is InChI=1S/C4H10O2.C4H9/c1-4(2,3)6-5;1-4(2)3/h5H,1-3H3;1-3H3. The second kappa shape index (κ2) is 5.69. The van der Waals surface area contributed by atoms with E-state index in [1.807, 2.05) is 0 Å². The molecule has 1 N–H and O–H groups in total. The number of rotatable bonds is 0. The summed E-state index contributed by atoms with van der Waals surface area (Å²) >= 11 is 0. The van der Waals surface area contributed by atoms with Crippen molar-refractivity contribution in [3.05, 3.63) is 5.92 Å². The molecule has 1 radical (unpaired) electrons. The highest BCUT2D eigenvalue weighted by Crippen LogP contribution is 2.01. The molecule has 0 saturated heterocycles. The van der Waals surface area contributed by atoms with Crippen LogP contribution < -0.4 is 0 Å². The molecule has 0 aromatic rings. The van der Waals surface area contributed by atoms with Gasteiger partial charge in [-0.2, -0.15) is 0 Å². The highest BCUT2D eigenvalue weighted by molar-refractivity contribution is 4.65. The fourth-order valence-electron chi connectivity index (χ4n) is 0. The van der Waals surface area contributed by atoms with Crippen molar-refractivity contribution in [3.63, 3.8) is 0 Å². The lowest BCUT2D eigenvalue weighted by Crippen LogP contribution is -2.15. The van der Waals surface area contributed by atoms with Gasteiger partial charge in [0.15, 0.2) is 0 Å². The molecule has 0 aromatic carbocycles. The van der Waals surface area contributed by atoms with Crippen molar-refractivity contribution >= 4 is 0 Å². The Morgan fingerprint density at radius 2 is 1.20 bits per heavy atom. The normalized spacial score (nSPS) is 10.8. The maximum Gasteiger partial charge on any atom is 0.0949 e. The van der Waals surface area contributed by atoms with E-state index in [0.29, 0.717) is 0 Å². The molecule has 0 unspecified atom stereocenters. The largest absolute Gasteiger partial charge is 0.251 e. The summed E-state index contributed by atoms with van der Waals surface area (Å²) in [6.45, 7) is 11.6. The van der Waals surface area contributed by atoms with Crippen molar-refractivity contribution in [1.29, 1.82) is 0 Å². The third-order valence-electron chi connectivity index (χ3n) is 0.274. The van der Waals surface area contributed by atoms with Gasteiger partial charge in [0.2, 0.25) is 0 Å². The summed E-state index contributed by atoms with van der Waals surface area (Å²) in [6, 6.07) is 0. The molecule has 63 valence electrons. The van der Waals surface area contributed by atoms with Gasteiger partial charge in [0.25, 0.3) is 0 Å². The lowest BCUT2D eigenvalue weighted by molar-refractivity contribution is -0.306. The Balaban J connectivity index is 0. The van der Waals surface area contributed by atoms with E-state index in [-0.39, 0.29) is 0 Å². The van der Waals surface area contributed by atoms with Crippen molar-refractivity contribution in [2.75, 3.05) is 0 Å². The monoisotopic (exact) mass is 147 g/mol. The van der Waals surface area contributed by atoms with Crippen LogP contribution in [0.15, 0.2) is 0 Å². The van der Waals surface area contributed by atoms with E-state index in [9.17, 15) is 0 Å². The molecule has 0 amide bonds. The van der Waals surface area contributed by atoms with E-state index >= 15 is 0 Å². The van der Waals surface area contributed by atoms with E-state index in [1.54, 1.807) is 20.8 Å². The molecule has 0 bridgehead atoms. The molecule has 0 fully saturated rings. The lowest BCUT2D eigenvalue weighted by atomic mass is 10.2. The van der Waals surface area contributed by atoms with E-state index < -0.39 is 5.60 Å². The van der Waals surface area contributed by atoms with Gasteiger partial charge in [-0.25, -0.2) is 4.89 Å². The average molecular weight is 147 g/mol. The average Bonchev–Trinajstić information content (AvgIpc) is 1.63. The molecular weight excluding hydrogens is 128 g/mol. The molecule has 0 heterocycles. The molecule has 0 saturated carbocycles. The van der Waals surface area contributed by atoms with Crippen LogP contribution in [0.3, 0.4) is 0 Å². The molecule has 0 rings (SSSR count). The maximum absolute atomic E-state index is 7.90. The predicted octanol–water partition coefficient (Wildman–Crippen LogP) is 2.90. The molecule has 10 heavy (non-hydrogen) atoms. The first-order chi connectivity index (χ1) is 4.29. The molecule has 0 aliphatic carbocycles. The van der Waals surface area contributed by atoms with Gasteiger partial charge in [-0.05, 0) is 26.7 Å². The summed E-state index contributed by atoms with van der Waals surface area (Å²) in [5.41, 5.74) is -0.403. The first-order valence-electron chi connectivity index (χ1n) is 3.39. The summed E-state index contributed by atoms with van der Waals surface area (Å²) in [7, 11) is 0. The third-order valence-corrected chi connectivity index (χ3v) is 0.274. The van der Waals surface area contributed by atoms with E-state index in [0.717, 1.165) is 0 Å². The minimum absolute atomic E-state index is 0.403. The van der Waals surface area contributed by atoms with Gasteiger partial charge in [0.1, 0.15) is 0 Å². The Morgan fingerprint density at radius 3 is 1.20 bits per heavy atom. The third kappa shape index (κ3) is 44.5. The van der Waals surface area contributed by atoms with Gasteiger partial charge in [0.05, 0.1) is 5.60 Å². The van der Waals surface area contributed by atoms with Crippen LogP contribution in [0.4, 0.5) is 0 Å². The molecule has 2 nitrogen and oxygen atoms in total. The Hall–Kier alpha value is -0.0800. The summed E-state index contributed by atoms with van der Waals surface area (Å²) in [6.07, 6.45) is 0. The Kier molecular flexibility index (Phi) is 7.15. The fourth-order valence-corrected chi connectivity index (χ4v) is 0. The van der Waals surface area contributed by atoms with Crippen molar-refractivity contribution in [3.8, 4) is 0 Å². The van der Waals surface area contributed by atoms with Crippen LogP contribution in [0.1, 0.15) is 41.5 Å². The van der Waals surface area contributed by atoms with Gasteiger partial charge < -0.3 is 0 Å².